The van der Waals surface area contributed by atoms with E-state index in [0.29, 0.717) is 25.1 Å². The number of carbonyl (C=O) groups excluding carboxylic acids is 2. The molecular formula is C17H20N3O2+. The number of aromatic nitrogens is 1. The van der Waals surface area contributed by atoms with E-state index in [0.717, 1.165) is 6.42 Å². The molecule has 3 N–H and O–H groups in total. The summed E-state index contributed by atoms with van der Waals surface area (Å²) in [6.45, 7) is 1.13. The van der Waals surface area contributed by atoms with Crippen LogP contribution in [-0.4, -0.2) is 18.4 Å². The molecule has 0 aliphatic heterocycles. The number of primary amides is 1. The highest BCUT2D eigenvalue weighted by Crippen LogP contribution is 1.98. The van der Waals surface area contributed by atoms with E-state index in [4.69, 9.17) is 5.73 Å². The molecule has 0 spiro atoms. The average Bonchev–Trinajstić information content (AvgIpc) is 2.54. The van der Waals surface area contributed by atoms with Crippen molar-refractivity contribution in [1.82, 2.24) is 5.32 Å². The molecule has 0 aliphatic carbocycles. The lowest BCUT2D eigenvalue weighted by molar-refractivity contribution is -0.695. The summed E-state index contributed by atoms with van der Waals surface area (Å²) in [5.74, 6) is -0.477. The number of hydrogen-bond acceptors (Lipinski definition) is 2. The minimum absolute atomic E-state index is 0.00657. The molecule has 2 rings (SSSR count). The summed E-state index contributed by atoms with van der Waals surface area (Å²) >= 11 is 0. The highest BCUT2D eigenvalue weighted by molar-refractivity contribution is 5.92. The smallest absolute Gasteiger partial charge is 0.254 e. The van der Waals surface area contributed by atoms with Gasteiger partial charge in [0.2, 0.25) is 5.91 Å². The molecule has 5 heteroatoms. The largest absolute Gasteiger partial charge is 0.365 e. The van der Waals surface area contributed by atoms with E-state index in [9.17, 15) is 9.59 Å². The van der Waals surface area contributed by atoms with Gasteiger partial charge in [-0.1, -0.05) is 30.3 Å². The first-order valence-electron chi connectivity index (χ1n) is 7.24. The van der Waals surface area contributed by atoms with Gasteiger partial charge in [0, 0.05) is 12.6 Å². The molecule has 0 aliphatic rings. The summed E-state index contributed by atoms with van der Waals surface area (Å²) in [5.41, 5.74) is 6.87. The summed E-state index contributed by atoms with van der Waals surface area (Å²) in [7, 11) is 0. The maximum absolute atomic E-state index is 11.8. The van der Waals surface area contributed by atoms with E-state index < -0.39 is 5.91 Å². The molecule has 2 amide bonds. The highest BCUT2D eigenvalue weighted by Gasteiger charge is 2.09. The molecule has 1 aromatic heterocycles. The van der Waals surface area contributed by atoms with Crippen LogP contribution in [0.15, 0.2) is 54.9 Å². The van der Waals surface area contributed by atoms with Crippen molar-refractivity contribution in [3.8, 4) is 0 Å². The Balaban J connectivity index is 1.73. The van der Waals surface area contributed by atoms with Crippen LogP contribution in [0.2, 0.25) is 0 Å². The summed E-state index contributed by atoms with van der Waals surface area (Å²) in [5, 5.41) is 2.89. The van der Waals surface area contributed by atoms with Crippen LogP contribution in [0.3, 0.4) is 0 Å². The predicted molar refractivity (Wildman–Crippen MR) is 82.9 cm³/mol. The molecule has 0 bridgehead atoms. The zero-order valence-corrected chi connectivity index (χ0v) is 12.4. The maximum Gasteiger partial charge on any atom is 0.254 e. The molecule has 1 aromatic carbocycles. The van der Waals surface area contributed by atoms with Crippen molar-refractivity contribution in [3.05, 3.63) is 66.0 Å². The zero-order valence-electron chi connectivity index (χ0n) is 12.4. The van der Waals surface area contributed by atoms with E-state index in [1.807, 2.05) is 36.5 Å². The summed E-state index contributed by atoms with van der Waals surface area (Å²) in [6.07, 6.45) is 4.64. The average molecular weight is 298 g/mol. The normalized spacial score (nSPS) is 10.2. The van der Waals surface area contributed by atoms with Crippen LogP contribution < -0.4 is 15.6 Å². The summed E-state index contributed by atoms with van der Waals surface area (Å²) < 4.78 is 1.79. The molecule has 0 atom stereocenters. The van der Waals surface area contributed by atoms with Gasteiger partial charge < -0.3 is 11.1 Å². The number of amides is 2. The number of pyridine rings is 1. The van der Waals surface area contributed by atoms with Gasteiger partial charge in [-0.2, -0.15) is 0 Å². The number of nitrogens with one attached hydrogen (secondary N) is 1. The minimum Gasteiger partial charge on any atom is -0.365 e. The van der Waals surface area contributed by atoms with Gasteiger partial charge in [-0.15, -0.1) is 0 Å². The van der Waals surface area contributed by atoms with Crippen LogP contribution in [0.4, 0.5) is 0 Å². The summed E-state index contributed by atoms with van der Waals surface area (Å²) in [6, 6.07) is 13.4. The number of nitrogens with zero attached hydrogens (tertiary/aromatic N) is 1. The van der Waals surface area contributed by atoms with Gasteiger partial charge in [-0.3, -0.25) is 9.59 Å². The molecule has 0 saturated heterocycles. The van der Waals surface area contributed by atoms with Gasteiger partial charge in [0.05, 0.1) is 6.42 Å². The molecule has 0 unspecified atom stereocenters. The maximum atomic E-state index is 11.8. The number of rotatable bonds is 7. The van der Waals surface area contributed by atoms with Crippen molar-refractivity contribution < 1.29 is 14.2 Å². The minimum atomic E-state index is -0.471. The Labute approximate surface area is 129 Å². The molecule has 2 aromatic rings. The van der Waals surface area contributed by atoms with Gasteiger partial charge in [0.15, 0.2) is 18.9 Å². The molecule has 0 fully saturated rings. The zero-order chi connectivity index (χ0) is 15.8. The first-order valence-corrected chi connectivity index (χ1v) is 7.24. The van der Waals surface area contributed by atoms with Crippen molar-refractivity contribution in [2.45, 2.75) is 19.4 Å². The number of nitrogens with two attached hydrogens (primary N) is 1. The Morgan fingerprint density at radius 2 is 1.86 bits per heavy atom. The number of aryl methyl sites for hydroxylation is 1. The third-order valence-electron chi connectivity index (χ3n) is 3.32. The van der Waals surface area contributed by atoms with Crippen LogP contribution in [0, 0.1) is 0 Å². The van der Waals surface area contributed by atoms with E-state index in [-0.39, 0.29) is 5.91 Å². The van der Waals surface area contributed by atoms with E-state index in [2.05, 4.69) is 5.32 Å². The van der Waals surface area contributed by atoms with Crippen LogP contribution in [0.25, 0.3) is 0 Å². The van der Waals surface area contributed by atoms with Gasteiger partial charge in [0.25, 0.3) is 5.91 Å². The Kier molecular flexibility index (Phi) is 5.65. The molecule has 22 heavy (non-hydrogen) atoms. The van der Waals surface area contributed by atoms with Gasteiger partial charge in [-0.25, -0.2) is 4.57 Å². The van der Waals surface area contributed by atoms with Gasteiger partial charge >= 0.3 is 0 Å². The van der Waals surface area contributed by atoms with Crippen LogP contribution in [0.1, 0.15) is 22.3 Å². The Morgan fingerprint density at radius 3 is 2.59 bits per heavy atom. The lowest BCUT2D eigenvalue weighted by Crippen LogP contribution is -2.37. The monoisotopic (exact) mass is 298 g/mol. The standard InChI is InChI=1S/C17H19N3O2/c18-17(22)15-7-4-11-20(13-15)12-9-16(21)19-10-8-14-5-2-1-3-6-14/h1-7,11,13H,8-10,12H2,(H2-,18,19,21,22)/p+1. The number of carbonyl (C=O) groups is 2. The number of benzene rings is 1. The second-order valence-electron chi connectivity index (χ2n) is 5.03. The third kappa shape index (κ3) is 5.01. The van der Waals surface area contributed by atoms with E-state index in [1.54, 1.807) is 22.9 Å². The van der Waals surface area contributed by atoms with E-state index >= 15 is 0 Å². The van der Waals surface area contributed by atoms with Crippen molar-refractivity contribution in [1.29, 1.82) is 0 Å². The van der Waals surface area contributed by atoms with Crippen LogP contribution in [0.5, 0.6) is 0 Å². The molecule has 0 radical (unpaired) electrons. The van der Waals surface area contributed by atoms with Crippen molar-refractivity contribution in [2.75, 3.05) is 6.54 Å². The van der Waals surface area contributed by atoms with Crippen molar-refractivity contribution in [2.24, 2.45) is 5.73 Å². The highest BCUT2D eigenvalue weighted by atomic mass is 16.1. The van der Waals surface area contributed by atoms with E-state index in [1.165, 1.54) is 5.56 Å². The predicted octanol–water partition coefficient (Wildman–Crippen LogP) is 0.822. The Morgan fingerprint density at radius 1 is 1.09 bits per heavy atom. The Bertz CT molecular complexity index is 641. The van der Waals surface area contributed by atoms with Gasteiger partial charge in [0.1, 0.15) is 5.56 Å². The number of hydrogen-bond donors (Lipinski definition) is 2. The van der Waals surface area contributed by atoms with Crippen LogP contribution in [-0.2, 0) is 17.8 Å². The van der Waals surface area contributed by atoms with Crippen molar-refractivity contribution >= 4 is 11.8 Å². The fourth-order valence-corrected chi connectivity index (χ4v) is 2.12. The first kappa shape index (κ1) is 15.7. The lowest BCUT2D eigenvalue weighted by Gasteiger charge is -2.04. The third-order valence-corrected chi connectivity index (χ3v) is 3.32. The molecule has 5 nitrogen and oxygen atoms in total. The second-order valence-corrected chi connectivity index (χ2v) is 5.03. The first-order chi connectivity index (χ1) is 10.6. The topological polar surface area (TPSA) is 76.1 Å². The Hall–Kier alpha value is -2.69. The van der Waals surface area contributed by atoms with Crippen molar-refractivity contribution in [3.63, 3.8) is 0 Å². The second kappa shape index (κ2) is 7.93. The molecule has 1 heterocycles. The fraction of sp³-hybridized carbons (Fsp3) is 0.235. The van der Waals surface area contributed by atoms with Crippen LogP contribution >= 0.6 is 0 Å². The molecular weight excluding hydrogens is 278 g/mol. The molecule has 114 valence electrons. The van der Waals surface area contributed by atoms with Gasteiger partial charge in [-0.05, 0) is 18.1 Å². The summed E-state index contributed by atoms with van der Waals surface area (Å²) in [4.78, 5) is 22.9. The quantitative estimate of drug-likeness (QED) is 0.743. The lowest BCUT2D eigenvalue weighted by atomic mass is 10.1. The SMILES string of the molecule is NC(=O)c1ccc[n+](CCC(=O)NCCc2ccccc2)c1. The molecule has 0 saturated carbocycles. The fourth-order valence-electron chi connectivity index (χ4n) is 2.12.